The molecule has 0 bridgehead atoms. The van der Waals surface area contributed by atoms with Gasteiger partial charge < -0.3 is 23.9 Å². The maximum absolute atomic E-state index is 10.7. The number of benzene rings is 1. The minimum Gasteiger partial charge on any atom is -0.744 e. The first-order valence-corrected chi connectivity index (χ1v) is 7.40. The Labute approximate surface area is 146 Å². The molecular weight excluding hydrogens is 311 g/mol. The van der Waals surface area contributed by atoms with Gasteiger partial charge in [0.15, 0.2) is 0 Å². The Bertz CT molecular complexity index is 475. The largest absolute Gasteiger partial charge is 1.00 e. The van der Waals surface area contributed by atoms with E-state index in [1.165, 1.54) is 24.3 Å². The molecule has 1 aromatic carbocycles. The van der Waals surface area contributed by atoms with E-state index in [1.54, 1.807) is 0 Å². The molecule has 0 heterocycles. The fourth-order valence-electron chi connectivity index (χ4n) is 1.31. The van der Waals surface area contributed by atoms with Crippen LogP contribution in [-0.2, 0) is 19.6 Å². The van der Waals surface area contributed by atoms with Gasteiger partial charge in [0.2, 0.25) is 0 Å². The van der Waals surface area contributed by atoms with Gasteiger partial charge in [0.25, 0.3) is 0 Å². The molecule has 0 saturated carbocycles. The summed E-state index contributed by atoms with van der Waals surface area (Å²) in [5.74, 6) is 0.456. The van der Waals surface area contributed by atoms with Gasteiger partial charge in [0.1, 0.15) is 22.5 Å². The van der Waals surface area contributed by atoms with E-state index in [0.717, 1.165) is 0 Å². The van der Waals surface area contributed by atoms with E-state index < -0.39 is 10.1 Å². The first kappa shape index (κ1) is 20.8. The van der Waals surface area contributed by atoms with E-state index in [2.05, 4.69) is 0 Å². The number of hydrogen-bond acceptors (Lipinski definition) is 7. The minimum absolute atomic E-state index is 0. The molecule has 9 heteroatoms. The van der Waals surface area contributed by atoms with Crippen molar-refractivity contribution < 1.29 is 61.8 Å². The van der Waals surface area contributed by atoms with Crippen molar-refractivity contribution in [1.82, 2.24) is 0 Å². The third-order valence-corrected chi connectivity index (χ3v) is 3.07. The molecule has 0 unspecified atom stereocenters. The Morgan fingerprint density at radius 3 is 2.00 bits per heavy atom. The van der Waals surface area contributed by atoms with E-state index in [0.29, 0.717) is 32.2 Å². The zero-order valence-electron chi connectivity index (χ0n) is 11.9. The molecule has 0 aromatic heterocycles. The zero-order chi connectivity index (χ0) is 14.8. The van der Waals surface area contributed by atoms with Crippen LogP contribution in [0.1, 0.15) is 0 Å². The van der Waals surface area contributed by atoms with Gasteiger partial charge in [-0.1, -0.05) is 0 Å². The molecule has 1 N–H and O–H groups in total. The van der Waals surface area contributed by atoms with Crippen molar-refractivity contribution >= 4 is 10.1 Å². The quantitative estimate of drug-likeness (QED) is 0.277. The summed E-state index contributed by atoms with van der Waals surface area (Å²) in [6.45, 7) is 1.72. The van der Waals surface area contributed by atoms with Gasteiger partial charge >= 0.3 is 29.6 Å². The van der Waals surface area contributed by atoms with Crippen LogP contribution in [0.3, 0.4) is 0 Å². The standard InChI is InChI=1S/C12H18O7S.Na/c13-5-6-17-7-8-18-9-10-19-11-1-3-12(4-2-11)20(14,15)16;/h1-4,13H,5-10H2,(H,14,15,16);/q;+1/p-1. The second kappa shape index (κ2) is 11.4. The summed E-state index contributed by atoms with van der Waals surface area (Å²) in [6.07, 6.45) is 0. The molecule has 1 aromatic rings. The summed E-state index contributed by atoms with van der Waals surface area (Å²) in [7, 11) is -4.42. The second-order valence-electron chi connectivity index (χ2n) is 3.72. The SMILES string of the molecule is O=S(=O)([O-])c1ccc(OCCOCCOCCO)cc1.[Na+]. The van der Waals surface area contributed by atoms with Crippen LogP contribution in [0.4, 0.5) is 0 Å². The van der Waals surface area contributed by atoms with Crippen LogP contribution in [0.5, 0.6) is 5.75 Å². The van der Waals surface area contributed by atoms with Crippen LogP contribution in [-0.4, -0.2) is 57.7 Å². The molecular formula is C12H17NaO7S. The predicted molar refractivity (Wildman–Crippen MR) is 68.6 cm³/mol. The van der Waals surface area contributed by atoms with E-state index in [9.17, 15) is 13.0 Å². The van der Waals surface area contributed by atoms with Crippen molar-refractivity contribution in [3.8, 4) is 5.75 Å². The average molecular weight is 328 g/mol. The van der Waals surface area contributed by atoms with Gasteiger partial charge in [0, 0.05) is 0 Å². The molecule has 114 valence electrons. The van der Waals surface area contributed by atoms with E-state index in [1.807, 2.05) is 0 Å². The Kier molecular flexibility index (Phi) is 11.3. The molecule has 0 amide bonds. The molecule has 0 aliphatic carbocycles. The Morgan fingerprint density at radius 1 is 0.952 bits per heavy atom. The summed E-state index contributed by atoms with van der Waals surface area (Å²) in [5, 5.41) is 8.46. The third-order valence-electron chi connectivity index (χ3n) is 2.22. The normalized spacial score (nSPS) is 11.0. The van der Waals surface area contributed by atoms with Crippen LogP contribution in [0.15, 0.2) is 29.2 Å². The first-order valence-electron chi connectivity index (χ1n) is 5.99. The molecule has 7 nitrogen and oxygen atoms in total. The smallest absolute Gasteiger partial charge is 0.744 e. The average Bonchev–Trinajstić information content (AvgIpc) is 2.41. The molecule has 21 heavy (non-hydrogen) atoms. The fraction of sp³-hybridized carbons (Fsp3) is 0.500. The third kappa shape index (κ3) is 9.43. The van der Waals surface area contributed by atoms with Crippen LogP contribution < -0.4 is 34.3 Å². The molecule has 0 radical (unpaired) electrons. The minimum atomic E-state index is -4.42. The van der Waals surface area contributed by atoms with Gasteiger partial charge in [-0.15, -0.1) is 0 Å². The van der Waals surface area contributed by atoms with Gasteiger partial charge in [0.05, 0.1) is 37.9 Å². The number of aliphatic hydroxyl groups excluding tert-OH is 1. The topological polar surface area (TPSA) is 105 Å². The monoisotopic (exact) mass is 328 g/mol. The van der Waals surface area contributed by atoms with Crippen LogP contribution in [0.2, 0.25) is 0 Å². The van der Waals surface area contributed by atoms with Crippen LogP contribution in [0.25, 0.3) is 0 Å². The Morgan fingerprint density at radius 2 is 1.48 bits per heavy atom. The molecule has 0 fully saturated rings. The van der Waals surface area contributed by atoms with Crippen molar-refractivity contribution in [2.24, 2.45) is 0 Å². The van der Waals surface area contributed by atoms with Gasteiger partial charge in [-0.05, 0) is 24.3 Å². The van der Waals surface area contributed by atoms with E-state index in [4.69, 9.17) is 19.3 Å². The maximum atomic E-state index is 10.7. The predicted octanol–water partition coefficient (Wildman–Crippen LogP) is -3.00. The second-order valence-corrected chi connectivity index (χ2v) is 5.10. The summed E-state index contributed by atoms with van der Waals surface area (Å²) in [6, 6.07) is 5.22. The Hall–Kier alpha value is -0.190. The summed E-state index contributed by atoms with van der Waals surface area (Å²) in [4.78, 5) is -0.290. The molecule has 0 saturated heterocycles. The summed E-state index contributed by atoms with van der Waals surface area (Å²) >= 11 is 0. The van der Waals surface area contributed by atoms with Gasteiger partial charge in [-0.2, -0.15) is 0 Å². The van der Waals surface area contributed by atoms with Crippen molar-refractivity contribution in [3.63, 3.8) is 0 Å². The summed E-state index contributed by atoms with van der Waals surface area (Å²) in [5.41, 5.74) is 0. The molecule has 0 aliphatic heterocycles. The van der Waals surface area contributed by atoms with Crippen LogP contribution >= 0.6 is 0 Å². The van der Waals surface area contributed by atoms with Crippen molar-refractivity contribution in [2.45, 2.75) is 4.90 Å². The van der Waals surface area contributed by atoms with Crippen molar-refractivity contribution in [1.29, 1.82) is 0 Å². The molecule has 1 rings (SSSR count). The van der Waals surface area contributed by atoms with E-state index in [-0.39, 0.29) is 47.7 Å². The maximum Gasteiger partial charge on any atom is 1.00 e. The van der Waals surface area contributed by atoms with Crippen molar-refractivity contribution in [3.05, 3.63) is 24.3 Å². The Balaban J connectivity index is 0.00000400. The first-order chi connectivity index (χ1) is 9.54. The molecule has 0 aliphatic rings. The number of ether oxygens (including phenoxy) is 3. The molecule has 0 spiro atoms. The summed E-state index contributed by atoms with van der Waals surface area (Å²) < 4.78 is 47.6. The van der Waals surface area contributed by atoms with Crippen LogP contribution in [0, 0.1) is 0 Å². The number of rotatable bonds is 10. The van der Waals surface area contributed by atoms with Gasteiger partial charge in [-0.3, -0.25) is 0 Å². The van der Waals surface area contributed by atoms with Crippen molar-refractivity contribution in [2.75, 3.05) is 39.6 Å². The van der Waals surface area contributed by atoms with E-state index >= 15 is 0 Å². The fourth-order valence-corrected chi connectivity index (χ4v) is 1.78. The molecule has 0 atom stereocenters. The number of hydrogen-bond donors (Lipinski definition) is 1. The number of aliphatic hydroxyl groups is 1. The zero-order valence-corrected chi connectivity index (χ0v) is 14.7. The van der Waals surface area contributed by atoms with Gasteiger partial charge in [-0.25, -0.2) is 8.42 Å².